The second kappa shape index (κ2) is 10.4. The molecule has 28 heavy (non-hydrogen) atoms. The highest BCUT2D eigenvalue weighted by molar-refractivity contribution is 8.33. The Bertz CT molecular complexity index is 902. The molecule has 152 valence electrons. The molecule has 2 N–H and O–H groups in total. The summed E-state index contributed by atoms with van der Waals surface area (Å²) >= 11 is 0. The Balaban J connectivity index is 3.47. The van der Waals surface area contributed by atoms with Crippen molar-refractivity contribution in [1.82, 2.24) is 0 Å². The highest BCUT2D eigenvalue weighted by Crippen LogP contribution is 2.52. The molecule has 10 heteroatoms. The first-order valence-electron chi connectivity index (χ1n) is 8.20. The van der Waals surface area contributed by atoms with Gasteiger partial charge in [-0.05, 0) is 26.0 Å². The van der Waals surface area contributed by atoms with Crippen LogP contribution in [0, 0.1) is 29.6 Å². The summed E-state index contributed by atoms with van der Waals surface area (Å²) in [4.78, 5) is 11.9. The Morgan fingerprint density at radius 3 is 1.96 bits per heavy atom. The van der Waals surface area contributed by atoms with Gasteiger partial charge in [0, 0.05) is 22.8 Å². The third-order valence-corrected chi connectivity index (χ3v) is 9.22. The molecule has 8 nitrogen and oxygen atoms in total. The quantitative estimate of drug-likeness (QED) is 0.420. The van der Waals surface area contributed by atoms with Crippen molar-refractivity contribution in [3.8, 4) is 12.1 Å². The van der Waals surface area contributed by atoms with Crippen LogP contribution in [0.25, 0.3) is 0 Å². The molecule has 0 saturated heterocycles. The number of rotatable bonds is 10. The maximum Gasteiger partial charge on any atom is 0.306 e. The van der Waals surface area contributed by atoms with Crippen LogP contribution in [0.4, 0.5) is 0 Å². The van der Waals surface area contributed by atoms with E-state index >= 15 is 0 Å². The largest absolute Gasteiger partial charge is 0.395 e. The molecular formula is C18H22N2O6S2. The lowest BCUT2D eigenvalue weighted by atomic mass is 10.1. The lowest BCUT2D eigenvalue weighted by Gasteiger charge is -2.38. The van der Waals surface area contributed by atoms with Gasteiger partial charge >= 0.3 is 10.1 Å². The number of carbonyl (C=O) groups is 1. The Morgan fingerprint density at radius 1 is 1.07 bits per heavy atom. The number of aryl methyl sites for hydroxylation is 1. The monoisotopic (exact) mass is 426 g/mol. The van der Waals surface area contributed by atoms with Crippen LogP contribution in [-0.4, -0.2) is 54.9 Å². The van der Waals surface area contributed by atoms with Gasteiger partial charge in [0.25, 0.3) is 0 Å². The number of Topliss-reactive ketones (excluding diaryl/α,β-unsaturated/α-hetero) is 1. The Labute approximate surface area is 166 Å². The fourth-order valence-electron chi connectivity index (χ4n) is 2.38. The van der Waals surface area contributed by atoms with Crippen LogP contribution < -0.4 is 0 Å². The van der Waals surface area contributed by atoms with Crippen molar-refractivity contribution in [3.05, 3.63) is 41.0 Å². The SMILES string of the molecule is CC(=O)C(CS(CCO)(CCO)OS(=O)(=O)c1ccc(C)cc1)=C(C#N)C#N. The molecule has 0 spiro atoms. The minimum Gasteiger partial charge on any atom is -0.395 e. The normalized spacial score (nSPS) is 11.9. The van der Waals surface area contributed by atoms with E-state index in [-0.39, 0.29) is 27.7 Å². The molecule has 0 saturated carbocycles. The average Bonchev–Trinajstić information content (AvgIpc) is 2.62. The van der Waals surface area contributed by atoms with Crippen molar-refractivity contribution in [2.24, 2.45) is 0 Å². The molecule has 0 heterocycles. The summed E-state index contributed by atoms with van der Waals surface area (Å²) < 4.78 is 31.0. The number of nitrogens with zero attached hydrogens (tertiary/aromatic N) is 2. The summed E-state index contributed by atoms with van der Waals surface area (Å²) in [6.45, 7) is 2.02. The topological polar surface area (TPSA) is 148 Å². The summed E-state index contributed by atoms with van der Waals surface area (Å²) in [5, 5.41) is 37.2. The molecule has 0 aromatic heterocycles. The van der Waals surface area contributed by atoms with E-state index in [2.05, 4.69) is 0 Å². The van der Waals surface area contributed by atoms with E-state index in [0.29, 0.717) is 0 Å². The van der Waals surface area contributed by atoms with Crippen LogP contribution in [0.1, 0.15) is 12.5 Å². The second-order valence-corrected chi connectivity index (χ2v) is 10.9. The number of hydrogen-bond acceptors (Lipinski definition) is 8. The number of allylic oxidation sites excluding steroid dienone is 1. The van der Waals surface area contributed by atoms with Crippen LogP contribution in [0.15, 0.2) is 40.3 Å². The zero-order chi connectivity index (χ0) is 21.4. The van der Waals surface area contributed by atoms with E-state index in [0.717, 1.165) is 12.5 Å². The molecule has 0 fully saturated rings. The fourth-order valence-corrected chi connectivity index (χ4v) is 7.45. The van der Waals surface area contributed by atoms with Crippen molar-refractivity contribution in [2.75, 3.05) is 30.5 Å². The van der Waals surface area contributed by atoms with Crippen molar-refractivity contribution in [2.45, 2.75) is 18.7 Å². The van der Waals surface area contributed by atoms with E-state index in [1.165, 1.54) is 12.1 Å². The Hall–Kier alpha value is -2.21. The molecular weight excluding hydrogens is 404 g/mol. The molecule has 0 aliphatic heterocycles. The number of hydrogen-bond donors (Lipinski definition) is 2. The summed E-state index contributed by atoms with van der Waals surface area (Å²) in [5.41, 5.74) is 0.218. The number of aliphatic hydroxyl groups is 2. The highest BCUT2D eigenvalue weighted by atomic mass is 32.3. The Kier molecular flexibility index (Phi) is 8.82. The summed E-state index contributed by atoms with van der Waals surface area (Å²) in [6.07, 6.45) is 0. The van der Waals surface area contributed by atoms with E-state index in [4.69, 9.17) is 14.2 Å². The van der Waals surface area contributed by atoms with Crippen molar-refractivity contribution in [3.63, 3.8) is 0 Å². The molecule has 1 rings (SSSR count). The fraction of sp³-hybridized carbons (Fsp3) is 0.389. The van der Waals surface area contributed by atoms with Gasteiger partial charge in [-0.15, -0.1) is 10.3 Å². The maximum absolute atomic E-state index is 12.8. The standard InChI is InChI=1S/C18H22N2O6S2/c1-14-3-5-17(6-4-14)28(24,25)26-27(9-7-21,10-8-22)13-18(15(2)23)16(11-19)12-20/h3-6,21-22H,7-10,13H2,1-2H3. The molecule has 0 radical (unpaired) electrons. The molecule has 0 unspecified atom stereocenters. The molecule has 0 amide bonds. The first kappa shape index (κ1) is 23.8. The molecule has 0 aliphatic carbocycles. The average molecular weight is 427 g/mol. The number of aliphatic hydroxyl groups excluding tert-OH is 2. The second-order valence-electron chi connectivity index (χ2n) is 5.93. The number of carbonyl (C=O) groups excluding carboxylic acids is 1. The van der Waals surface area contributed by atoms with Crippen molar-refractivity contribution < 1.29 is 27.1 Å². The van der Waals surface area contributed by atoms with Crippen molar-refractivity contribution >= 4 is 26.2 Å². The molecule has 0 aliphatic rings. The van der Waals surface area contributed by atoms with E-state index in [1.807, 2.05) is 0 Å². The van der Waals surface area contributed by atoms with Gasteiger partial charge in [0.15, 0.2) is 5.78 Å². The van der Waals surface area contributed by atoms with Crippen LogP contribution in [-0.2, 0) is 18.5 Å². The lowest BCUT2D eigenvalue weighted by Crippen LogP contribution is -2.26. The Morgan fingerprint density at radius 2 is 1.57 bits per heavy atom. The van der Waals surface area contributed by atoms with Gasteiger partial charge in [0.2, 0.25) is 0 Å². The third-order valence-electron chi connectivity index (χ3n) is 3.83. The zero-order valence-corrected chi connectivity index (χ0v) is 17.2. The van der Waals surface area contributed by atoms with Crippen molar-refractivity contribution in [1.29, 1.82) is 10.5 Å². The minimum atomic E-state index is -4.27. The molecule has 0 atom stereocenters. The van der Waals surface area contributed by atoms with Gasteiger partial charge in [0.1, 0.15) is 17.7 Å². The van der Waals surface area contributed by atoms with Gasteiger partial charge in [0.05, 0.1) is 18.1 Å². The van der Waals surface area contributed by atoms with Gasteiger partial charge in [-0.3, -0.25) is 4.79 Å². The van der Waals surface area contributed by atoms with Gasteiger partial charge in [-0.25, -0.2) is 3.63 Å². The van der Waals surface area contributed by atoms with Crippen LogP contribution in [0.2, 0.25) is 0 Å². The summed E-state index contributed by atoms with van der Waals surface area (Å²) in [6, 6.07) is 9.16. The lowest BCUT2D eigenvalue weighted by molar-refractivity contribution is -0.113. The van der Waals surface area contributed by atoms with Crippen LogP contribution in [0.5, 0.6) is 0 Å². The van der Waals surface area contributed by atoms with E-state index < -0.39 is 45.0 Å². The van der Waals surface area contributed by atoms with Gasteiger partial charge in [-0.2, -0.15) is 18.9 Å². The highest BCUT2D eigenvalue weighted by Gasteiger charge is 2.34. The summed E-state index contributed by atoms with van der Waals surface area (Å²) in [5.74, 6) is -1.23. The van der Waals surface area contributed by atoms with E-state index in [9.17, 15) is 23.4 Å². The molecule has 1 aromatic rings. The van der Waals surface area contributed by atoms with E-state index in [1.54, 1.807) is 31.2 Å². The minimum absolute atomic E-state index is 0.111. The van der Waals surface area contributed by atoms with Gasteiger partial charge < -0.3 is 10.2 Å². The van der Waals surface area contributed by atoms with Crippen LogP contribution >= 0.6 is 10.3 Å². The zero-order valence-electron chi connectivity index (χ0n) is 15.6. The number of benzene rings is 1. The maximum atomic E-state index is 12.8. The smallest absolute Gasteiger partial charge is 0.306 e. The molecule has 1 aromatic carbocycles. The van der Waals surface area contributed by atoms with Gasteiger partial charge in [-0.1, -0.05) is 17.7 Å². The van der Waals surface area contributed by atoms with Crippen LogP contribution in [0.3, 0.4) is 0 Å². The predicted octanol–water partition coefficient (Wildman–Crippen LogP) is 1.34. The number of nitriles is 2. The first-order valence-corrected chi connectivity index (χ1v) is 11.7. The molecule has 0 bridgehead atoms. The third kappa shape index (κ3) is 6.16. The predicted molar refractivity (Wildman–Crippen MR) is 105 cm³/mol. The summed E-state index contributed by atoms with van der Waals surface area (Å²) in [7, 11) is -7.07. The number of ketones is 1. The first-order chi connectivity index (χ1) is 13.1.